The van der Waals surface area contributed by atoms with Crippen molar-refractivity contribution in [1.29, 1.82) is 0 Å². The van der Waals surface area contributed by atoms with Gasteiger partial charge in [-0.05, 0) is 6.92 Å². The Kier molecular flexibility index (Phi) is 2.36. The van der Waals surface area contributed by atoms with Gasteiger partial charge in [0.05, 0.1) is 0 Å². The van der Waals surface area contributed by atoms with E-state index in [9.17, 15) is 0 Å². The SMILES string of the molecule is [CH2]CC(O)(O)[C](O)O. The van der Waals surface area contributed by atoms with E-state index in [1.54, 1.807) is 0 Å². The zero-order valence-corrected chi connectivity index (χ0v) is 4.20. The first-order valence-electron chi connectivity index (χ1n) is 2.00. The molecule has 0 aliphatic carbocycles. The molecule has 0 spiro atoms. The average molecular weight is 120 g/mol. The molecule has 4 N–H and O–H groups in total. The summed E-state index contributed by atoms with van der Waals surface area (Å²) in [7, 11) is 0. The van der Waals surface area contributed by atoms with E-state index in [1.165, 1.54) is 0 Å². The molecule has 8 heavy (non-hydrogen) atoms. The fourth-order valence-corrected chi connectivity index (χ4v) is 0.112. The number of hydrogen-bond acceptors (Lipinski definition) is 4. The summed E-state index contributed by atoms with van der Waals surface area (Å²) in [6, 6.07) is 0. The van der Waals surface area contributed by atoms with Crippen molar-refractivity contribution in [2.45, 2.75) is 12.2 Å². The molecule has 2 radical (unpaired) electrons. The normalized spacial score (nSPS) is 12.8. The Bertz CT molecular complexity index is 68.4. The lowest BCUT2D eigenvalue weighted by Gasteiger charge is -2.18. The van der Waals surface area contributed by atoms with Gasteiger partial charge >= 0.3 is 0 Å². The summed E-state index contributed by atoms with van der Waals surface area (Å²) in [5.41, 5.74) is 0. The van der Waals surface area contributed by atoms with Crippen LogP contribution in [0.2, 0.25) is 0 Å². The van der Waals surface area contributed by atoms with Crippen LogP contribution in [0.4, 0.5) is 0 Å². The molecule has 0 bridgehead atoms. The topological polar surface area (TPSA) is 80.9 Å². The molecular formula is C4H8O4. The highest BCUT2D eigenvalue weighted by Gasteiger charge is 2.30. The van der Waals surface area contributed by atoms with Crippen molar-refractivity contribution in [1.82, 2.24) is 0 Å². The van der Waals surface area contributed by atoms with Crippen molar-refractivity contribution < 1.29 is 20.4 Å². The van der Waals surface area contributed by atoms with Crippen LogP contribution in [0.15, 0.2) is 0 Å². The third-order valence-corrected chi connectivity index (χ3v) is 0.707. The Morgan fingerprint density at radius 1 is 1.38 bits per heavy atom. The molecule has 0 atom stereocenters. The van der Waals surface area contributed by atoms with Crippen molar-refractivity contribution in [3.8, 4) is 0 Å². The van der Waals surface area contributed by atoms with Crippen molar-refractivity contribution in [2.24, 2.45) is 0 Å². The molecular weight excluding hydrogens is 112 g/mol. The molecule has 0 aliphatic rings. The van der Waals surface area contributed by atoms with E-state index in [1.807, 2.05) is 0 Å². The Labute approximate surface area is 47.0 Å². The maximum Gasteiger partial charge on any atom is 0.279 e. The third kappa shape index (κ3) is 1.75. The van der Waals surface area contributed by atoms with Crippen molar-refractivity contribution >= 4 is 0 Å². The first kappa shape index (κ1) is 7.84. The van der Waals surface area contributed by atoms with Crippen molar-refractivity contribution in [3.63, 3.8) is 0 Å². The highest BCUT2D eigenvalue weighted by Crippen LogP contribution is 2.13. The molecule has 4 heteroatoms. The first-order chi connectivity index (χ1) is 3.50. The second-order valence-corrected chi connectivity index (χ2v) is 1.39. The molecule has 0 amide bonds. The van der Waals surface area contributed by atoms with E-state index in [-0.39, 0.29) is 0 Å². The minimum absolute atomic E-state index is 0.394. The Hall–Kier alpha value is -0.160. The molecule has 0 aromatic carbocycles. The van der Waals surface area contributed by atoms with E-state index < -0.39 is 18.5 Å². The largest absolute Gasteiger partial charge is 0.361 e. The van der Waals surface area contributed by atoms with Crippen LogP contribution < -0.4 is 0 Å². The monoisotopic (exact) mass is 120 g/mol. The van der Waals surface area contributed by atoms with Crippen LogP contribution in [-0.4, -0.2) is 26.2 Å². The summed E-state index contributed by atoms with van der Waals surface area (Å²) < 4.78 is 0. The number of aliphatic hydroxyl groups is 4. The van der Waals surface area contributed by atoms with Crippen molar-refractivity contribution in [2.75, 3.05) is 0 Å². The van der Waals surface area contributed by atoms with Crippen LogP contribution in [0.1, 0.15) is 6.42 Å². The Balaban J connectivity index is 3.71. The molecule has 0 fully saturated rings. The van der Waals surface area contributed by atoms with Gasteiger partial charge in [-0.25, -0.2) is 0 Å². The van der Waals surface area contributed by atoms with Gasteiger partial charge in [0.2, 0.25) is 5.79 Å². The lowest BCUT2D eigenvalue weighted by atomic mass is 10.2. The molecule has 0 aliphatic heterocycles. The molecule has 0 aromatic heterocycles. The first-order valence-corrected chi connectivity index (χ1v) is 2.00. The quantitative estimate of drug-likeness (QED) is 0.357. The summed E-state index contributed by atoms with van der Waals surface area (Å²) in [6.45, 7) is 3.04. The van der Waals surface area contributed by atoms with Gasteiger partial charge in [0.1, 0.15) is 0 Å². The fraction of sp³-hybridized carbons (Fsp3) is 0.500. The summed E-state index contributed by atoms with van der Waals surface area (Å²) in [5, 5.41) is 32.7. The Morgan fingerprint density at radius 2 is 1.75 bits per heavy atom. The van der Waals surface area contributed by atoms with Gasteiger partial charge in [0.25, 0.3) is 6.29 Å². The molecule has 0 heterocycles. The van der Waals surface area contributed by atoms with Crippen LogP contribution in [-0.2, 0) is 0 Å². The van der Waals surface area contributed by atoms with E-state index in [2.05, 4.69) is 6.92 Å². The van der Waals surface area contributed by atoms with Gasteiger partial charge in [0, 0.05) is 6.42 Å². The minimum atomic E-state index is -2.54. The van der Waals surface area contributed by atoms with E-state index in [4.69, 9.17) is 20.4 Å². The lowest BCUT2D eigenvalue weighted by molar-refractivity contribution is -0.224. The van der Waals surface area contributed by atoms with Crippen LogP contribution in [0.25, 0.3) is 0 Å². The molecule has 0 unspecified atom stereocenters. The van der Waals surface area contributed by atoms with Gasteiger partial charge in [0.15, 0.2) is 0 Å². The number of hydrogen-bond donors (Lipinski definition) is 4. The Morgan fingerprint density at radius 3 is 1.75 bits per heavy atom. The molecule has 0 saturated heterocycles. The van der Waals surface area contributed by atoms with E-state index in [0.717, 1.165) is 0 Å². The van der Waals surface area contributed by atoms with Crippen LogP contribution in [0, 0.1) is 13.2 Å². The smallest absolute Gasteiger partial charge is 0.279 e. The van der Waals surface area contributed by atoms with Gasteiger partial charge in [-0.1, -0.05) is 0 Å². The van der Waals surface area contributed by atoms with Gasteiger partial charge in [-0.2, -0.15) is 0 Å². The third-order valence-electron chi connectivity index (χ3n) is 0.707. The second kappa shape index (κ2) is 2.41. The zero-order valence-electron chi connectivity index (χ0n) is 4.20. The minimum Gasteiger partial charge on any atom is -0.361 e. The average Bonchev–Trinajstić information content (AvgIpc) is 1.67. The van der Waals surface area contributed by atoms with Crippen LogP contribution >= 0.6 is 0 Å². The fourth-order valence-electron chi connectivity index (χ4n) is 0.112. The van der Waals surface area contributed by atoms with Crippen molar-refractivity contribution in [3.05, 3.63) is 13.2 Å². The predicted octanol–water partition coefficient (Wildman–Crippen LogP) is -0.874. The molecule has 0 rings (SSSR count). The number of aliphatic hydroxyl groups excluding tert-OH is 1. The maximum atomic E-state index is 8.36. The maximum absolute atomic E-state index is 8.36. The summed E-state index contributed by atoms with van der Waals surface area (Å²) in [4.78, 5) is 0. The summed E-state index contributed by atoms with van der Waals surface area (Å²) >= 11 is 0. The second-order valence-electron chi connectivity index (χ2n) is 1.39. The summed E-state index contributed by atoms with van der Waals surface area (Å²) in [5.74, 6) is -2.54. The summed E-state index contributed by atoms with van der Waals surface area (Å²) in [6.07, 6.45) is -1.82. The van der Waals surface area contributed by atoms with Crippen LogP contribution in [0.5, 0.6) is 0 Å². The molecule has 4 nitrogen and oxygen atoms in total. The predicted molar refractivity (Wildman–Crippen MR) is 24.3 cm³/mol. The van der Waals surface area contributed by atoms with Gasteiger partial charge in [-0.3, -0.25) is 0 Å². The van der Waals surface area contributed by atoms with Gasteiger partial charge in [-0.15, -0.1) is 0 Å². The van der Waals surface area contributed by atoms with Crippen LogP contribution in [0.3, 0.4) is 0 Å². The molecule has 48 valence electrons. The lowest BCUT2D eigenvalue weighted by Crippen LogP contribution is -2.34. The zero-order chi connectivity index (χ0) is 6.78. The van der Waals surface area contributed by atoms with E-state index >= 15 is 0 Å². The van der Waals surface area contributed by atoms with E-state index in [0.29, 0.717) is 0 Å². The highest BCUT2D eigenvalue weighted by molar-refractivity contribution is 4.80. The number of rotatable bonds is 2. The molecule has 0 saturated carbocycles. The highest BCUT2D eigenvalue weighted by atomic mass is 16.6. The molecule has 0 aromatic rings. The van der Waals surface area contributed by atoms with Gasteiger partial charge < -0.3 is 20.4 Å². The standard InChI is InChI=1S/C4H8O4/c1-2-4(7,8)3(5)6/h5-8H,1-2H2.